The molecule has 5 N–H and O–H groups in total. The minimum Gasteiger partial charge on any atom is -0.396 e. The quantitative estimate of drug-likeness (QED) is 0.717. The van der Waals surface area contributed by atoms with E-state index in [1.54, 1.807) is 12.1 Å². The van der Waals surface area contributed by atoms with E-state index in [9.17, 15) is 4.79 Å². The van der Waals surface area contributed by atoms with Gasteiger partial charge in [-0.1, -0.05) is 26.3 Å². The molecule has 0 saturated heterocycles. The van der Waals surface area contributed by atoms with Crippen LogP contribution in [0.3, 0.4) is 0 Å². The van der Waals surface area contributed by atoms with Crippen LogP contribution in [0.4, 0.5) is 11.4 Å². The highest BCUT2D eigenvalue weighted by Crippen LogP contribution is 2.39. The molecule has 1 atom stereocenters. The molecule has 1 fully saturated rings. The van der Waals surface area contributed by atoms with Gasteiger partial charge in [-0.05, 0) is 30.4 Å². The van der Waals surface area contributed by atoms with Gasteiger partial charge in [0.1, 0.15) is 0 Å². The van der Waals surface area contributed by atoms with Gasteiger partial charge in [-0.3, -0.25) is 4.79 Å². The number of para-hydroxylation sites is 1. The zero-order valence-electron chi connectivity index (χ0n) is 11.0. The summed E-state index contributed by atoms with van der Waals surface area (Å²) in [4.78, 5) is 11.3. The summed E-state index contributed by atoms with van der Waals surface area (Å²) in [6.45, 7) is 4.51. The number of amides is 1. The Morgan fingerprint density at radius 2 is 2.17 bits per heavy atom. The third kappa shape index (κ3) is 2.28. The Labute approximate surface area is 108 Å². The van der Waals surface area contributed by atoms with Crippen molar-refractivity contribution in [2.45, 2.75) is 39.2 Å². The van der Waals surface area contributed by atoms with Crippen molar-refractivity contribution in [3.63, 3.8) is 0 Å². The van der Waals surface area contributed by atoms with Crippen LogP contribution in [-0.2, 0) is 0 Å². The average molecular weight is 247 g/mol. The number of carbonyl (C=O) groups is 1. The number of hydrogen-bond donors (Lipinski definition) is 3. The van der Waals surface area contributed by atoms with Gasteiger partial charge < -0.3 is 16.8 Å². The topological polar surface area (TPSA) is 81.1 Å². The maximum absolute atomic E-state index is 11.3. The lowest BCUT2D eigenvalue weighted by molar-refractivity contribution is 0.100. The van der Waals surface area contributed by atoms with Crippen LogP contribution in [0, 0.1) is 5.41 Å². The Morgan fingerprint density at radius 3 is 2.72 bits per heavy atom. The highest BCUT2D eigenvalue weighted by Gasteiger charge is 2.34. The number of nitrogen functional groups attached to an aromatic ring is 1. The lowest BCUT2D eigenvalue weighted by Gasteiger charge is -2.29. The van der Waals surface area contributed by atoms with E-state index in [2.05, 4.69) is 19.2 Å². The Kier molecular flexibility index (Phi) is 3.20. The van der Waals surface area contributed by atoms with Crippen LogP contribution < -0.4 is 16.8 Å². The summed E-state index contributed by atoms with van der Waals surface area (Å²) in [7, 11) is 0. The van der Waals surface area contributed by atoms with E-state index in [1.807, 2.05) is 6.07 Å². The monoisotopic (exact) mass is 247 g/mol. The van der Waals surface area contributed by atoms with Gasteiger partial charge in [0.25, 0.3) is 5.91 Å². The van der Waals surface area contributed by atoms with E-state index in [1.165, 1.54) is 12.8 Å². The maximum Gasteiger partial charge on any atom is 0.250 e. The number of nitrogens with two attached hydrogens (primary N) is 2. The van der Waals surface area contributed by atoms with Crippen molar-refractivity contribution in [2.75, 3.05) is 11.1 Å². The van der Waals surface area contributed by atoms with E-state index in [4.69, 9.17) is 11.5 Å². The molecule has 1 amide bonds. The maximum atomic E-state index is 11.3. The first kappa shape index (κ1) is 12.7. The van der Waals surface area contributed by atoms with Crippen molar-refractivity contribution in [2.24, 2.45) is 11.1 Å². The fraction of sp³-hybridized carbons (Fsp3) is 0.500. The predicted octanol–water partition coefficient (Wildman–Crippen LogP) is 2.36. The molecule has 4 heteroatoms. The van der Waals surface area contributed by atoms with Crippen molar-refractivity contribution < 1.29 is 4.79 Å². The molecule has 0 aliphatic heterocycles. The van der Waals surface area contributed by atoms with E-state index >= 15 is 0 Å². The number of primary amides is 1. The SMILES string of the molecule is CC1(C)CCCC1Nc1cccc(C(N)=O)c1N. The summed E-state index contributed by atoms with van der Waals surface area (Å²) in [5.41, 5.74) is 13.2. The van der Waals surface area contributed by atoms with E-state index in [-0.39, 0.29) is 5.41 Å². The molecule has 1 unspecified atom stereocenters. The molecule has 18 heavy (non-hydrogen) atoms. The fourth-order valence-corrected chi connectivity index (χ4v) is 2.69. The van der Waals surface area contributed by atoms with Gasteiger partial charge in [-0.25, -0.2) is 0 Å². The van der Waals surface area contributed by atoms with Crippen molar-refractivity contribution >= 4 is 17.3 Å². The summed E-state index contributed by atoms with van der Waals surface area (Å²) < 4.78 is 0. The van der Waals surface area contributed by atoms with E-state index in [0.717, 1.165) is 12.1 Å². The molecule has 1 aromatic carbocycles. The van der Waals surface area contributed by atoms with Crippen molar-refractivity contribution in [3.05, 3.63) is 23.8 Å². The summed E-state index contributed by atoms with van der Waals surface area (Å²) in [5, 5.41) is 3.46. The molecule has 0 spiro atoms. The highest BCUT2D eigenvalue weighted by molar-refractivity contribution is 6.00. The number of anilines is 2. The summed E-state index contributed by atoms with van der Waals surface area (Å²) >= 11 is 0. The molecule has 98 valence electrons. The van der Waals surface area contributed by atoms with Gasteiger partial charge in [0.15, 0.2) is 0 Å². The summed E-state index contributed by atoms with van der Waals surface area (Å²) in [5.74, 6) is -0.484. The Hall–Kier alpha value is -1.71. The molecular weight excluding hydrogens is 226 g/mol. The number of nitrogens with one attached hydrogen (secondary N) is 1. The molecule has 1 aliphatic rings. The molecule has 4 nitrogen and oxygen atoms in total. The van der Waals surface area contributed by atoms with E-state index in [0.29, 0.717) is 17.3 Å². The summed E-state index contributed by atoms with van der Waals surface area (Å²) in [6, 6.07) is 5.75. The largest absolute Gasteiger partial charge is 0.396 e. The van der Waals surface area contributed by atoms with Crippen molar-refractivity contribution in [3.8, 4) is 0 Å². The minimum atomic E-state index is -0.484. The molecule has 0 aromatic heterocycles. The number of benzene rings is 1. The second-order valence-corrected chi connectivity index (χ2v) is 5.71. The van der Waals surface area contributed by atoms with Crippen LogP contribution in [0.15, 0.2) is 18.2 Å². The summed E-state index contributed by atoms with van der Waals surface area (Å²) in [6.07, 6.45) is 3.56. The van der Waals surface area contributed by atoms with Gasteiger partial charge >= 0.3 is 0 Å². The molecule has 2 rings (SSSR count). The van der Waals surface area contributed by atoms with Crippen LogP contribution in [0.2, 0.25) is 0 Å². The third-order valence-corrected chi connectivity index (χ3v) is 3.96. The average Bonchev–Trinajstić information content (AvgIpc) is 2.61. The van der Waals surface area contributed by atoms with Crippen LogP contribution in [0.25, 0.3) is 0 Å². The number of hydrogen-bond acceptors (Lipinski definition) is 3. The fourth-order valence-electron chi connectivity index (χ4n) is 2.69. The second kappa shape index (κ2) is 4.52. The molecule has 0 bridgehead atoms. The molecule has 1 aromatic rings. The lowest BCUT2D eigenvalue weighted by atomic mass is 9.87. The zero-order chi connectivity index (χ0) is 13.3. The Morgan fingerprint density at radius 1 is 1.44 bits per heavy atom. The first-order valence-electron chi connectivity index (χ1n) is 6.36. The van der Waals surface area contributed by atoms with Crippen molar-refractivity contribution in [1.82, 2.24) is 0 Å². The highest BCUT2D eigenvalue weighted by atomic mass is 16.1. The minimum absolute atomic E-state index is 0.259. The van der Waals surface area contributed by atoms with Crippen molar-refractivity contribution in [1.29, 1.82) is 0 Å². The lowest BCUT2D eigenvalue weighted by Crippen LogP contribution is -2.31. The molecule has 1 aliphatic carbocycles. The molecule has 0 radical (unpaired) electrons. The van der Waals surface area contributed by atoms with Gasteiger partial charge in [0.2, 0.25) is 0 Å². The number of rotatable bonds is 3. The zero-order valence-corrected chi connectivity index (χ0v) is 11.0. The molecule has 1 saturated carbocycles. The first-order chi connectivity index (χ1) is 8.42. The van der Waals surface area contributed by atoms with Crippen LogP contribution in [0.5, 0.6) is 0 Å². The first-order valence-corrected chi connectivity index (χ1v) is 6.36. The van der Waals surface area contributed by atoms with Gasteiger partial charge in [-0.2, -0.15) is 0 Å². The van der Waals surface area contributed by atoms with Crippen LogP contribution in [-0.4, -0.2) is 11.9 Å². The van der Waals surface area contributed by atoms with Crippen LogP contribution >= 0.6 is 0 Å². The Bertz CT molecular complexity index is 468. The Balaban J connectivity index is 2.25. The van der Waals surface area contributed by atoms with Gasteiger partial charge in [0.05, 0.1) is 16.9 Å². The third-order valence-electron chi connectivity index (χ3n) is 3.96. The normalized spacial score (nSPS) is 21.8. The number of carbonyl (C=O) groups excluding carboxylic acids is 1. The smallest absolute Gasteiger partial charge is 0.250 e. The second-order valence-electron chi connectivity index (χ2n) is 5.71. The molecule has 0 heterocycles. The molecular formula is C14H21N3O. The standard InChI is InChI=1S/C14H21N3O/c1-14(2)8-4-7-11(14)17-10-6-3-5-9(12(10)15)13(16)18/h3,5-6,11,17H,4,7-8,15H2,1-2H3,(H2,16,18). The van der Waals surface area contributed by atoms with Gasteiger partial charge in [0, 0.05) is 6.04 Å². The van der Waals surface area contributed by atoms with Gasteiger partial charge in [-0.15, -0.1) is 0 Å². The predicted molar refractivity (Wildman–Crippen MR) is 74.4 cm³/mol. The van der Waals surface area contributed by atoms with Crippen LogP contribution in [0.1, 0.15) is 43.5 Å². The van der Waals surface area contributed by atoms with E-state index < -0.39 is 5.91 Å².